The molecule has 0 atom stereocenters. The number of nitrogens with one attached hydrogen (secondary N) is 3. The highest BCUT2D eigenvalue weighted by atomic mass is 32.2. The van der Waals surface area contributed by atoms with Crippen molar-refractivity contribution in [2.45, 2.75) is 11.1 Å². The SMILES string of the molecule is O=C(NNC(=O)c1ccc(F)cc1F)c1cccc(S(=O)(=O)Nc2cccc(C(F)(F)F)c2)c1. The molecule has 3 aromatic rings. The molecule has 0 fully saturated rings. The van der Waals surface area contributed by atoms with Crippen LogP contribution in [0.2, 0.25) is 0 Å². The van der Waals surface area contributed by atoms with E-state index in [1.54, 1.807) is 0 Å². The van der Waals surface area contributed by atoms with Crippen LogP contribution in [0.3, 0.4) is 0 Å². The second-order valence-electron chi connectivity index (χ2n) is 6.74. The summed E-state index contributed by atoms with van der Waals surface area (Å²) in [6.07, 6.45) is -4.68. The summed E-state index contributed by atoms with van der Waals surface area (Å²) in [5.41, 5.74) is 1.65. The first kappa shape index (κ1) is 24.6. The minimum absolute atomic E-state index is 0.244. The number of hydrogen-bond donors (Lipinski definition) is 3. The highest BCUT2D eigenvalue weighted by Crippen LogP contribution is 2.31. The molecule has 0 saturated heterocycles. The van der Waals surface area contributed by atoms with Crippen LogP contribution in [-0.4, -0.2) is 20.2 Å². The van der Waals surface area contributed by atoms with E-state index in [-0.39, 0.29) is 11.3 Å². The molecular weight excluding hydrogens is 485 g/mol. The van der Waals surface area contributed by atoms with E-state index >= 15 is 0 Å². The monoisotopic (exact) mass is 499 g/mol. The molecule has 0 unspecified atom stereocenters. The number of hydrogen-bond acceptors (Lipinski definition) is 4. The lowest BCUT2D eigenvalue weighted by Gasteiger charge is -2.12. The Bertz CT molecular complexity index is 1360. The van der Waals surface area contributed by atoms with Crippen LogP contribution < -0.4 is 15.6 Å². The van der Waals surface area contributed by atoms with Gasteiger partial charge in [0.2, 0.25) is 0 Å². The molecule has 178 valence electrons. The Balaban J connectivity index is 1.73. The molecule has 3 aromatic carbocycles. The Morgan fingerprint density at radius 2 is 1.47 bits per heavy atom. The van der Waals surface area contributed by atoms with Crippen LogP contribution in [0.1, 0.15) is 26.3 Å². The summed E-state index contributed by atoms with van der Waals surface area (Å²) in [5, 5.41) is 0. The van der Waals surface area contributed by atoms with Crippen LogP contribution in [0.25, 0.3) is 0 Å². The molecule has 0 aromatic heterocycles. The van der Waals surface area contributed by atoms with Crippen molar-refractivity contribution in [2.24, 2.45) is 0 Å². The molecule has 0 aliphatic rings. The molecule has 7 nitrogen and oxygen atoms in total. The van der Waals surface area contributed by atoms with Gasteiger partial charge in [0, 0.05) is 17.3 Å². The van der Waals surface area contributed by atoms with Gasteiger partial charge >= 0.3 is 6.18 Å². The zero-order valence-electron chi connectivity index (χ0n) is 16.8. The molecular formula is C21H14F5N3O4S. The van der Waals surface area contributed by atoms with Gasteiger partial charge in [-0.2, -0.15) is 13.2 Å². The van der Waals surface area contributed by atoms with Gasteiger partial charge in [0.1, 0.15) is 11.6 Å². The van der Waals surface area contributed by atoms with Crippen molar-refractivity contribution < 1.29 is 40.0 Å². The van der Waals surface area contributed by atoms with Crippen LogP contribution in [0.15, 0.2) is 71.6 Å². The lowest BCUT2D eigenvalue weighted by Crippen LogP contribution is -2.42. The molecule has 3 rings (SSSR count). The average molecular weight is 499 g/mol. The molecule has 34 heavy (non-hydrogen) atoms. The summed E-state index contributed by atoms with van der Waals surface area (Å²) in [5.74, 6) is -4.15. The smallest absolute Gasteiger partial charge is 0.280 e. The van der Waals surface area contributed by atoms with E-state index in [0.29, 0.717) is 12.1 Å². The molecule has 0 saturated carbocycles. The highest BCUT2D eigenvalue weighted by molar-refractivity contribution is 7.92. The Morgan fingerprint density at radius 3 is 2.15 bits per heavy atom. The fourth-order valence-corrected chi connectivity index (χ4v) is 3.80. The summed E-state index contributed by atoms with van der Waals surface area (Å²) in [6, 6.07) is 10.1. The van der Waals surface area contributed by atoms with Crippen molar-refractivity contribution in [2.75, 3.05) is 4.72 Å². The first-order valence-corrected chi connectivity index (χ1v) is 10.7. The van der Waals surface area contributed by atoms with Gasteiger partial charge in [0.15, 0.2) is 0 Å². The number of carbonyl (C=O) groups excluding carboxylic acids is 2. The predicted molar refractivity (Wildman–Crippen MR) is 110 cm³/mol. The number of anilines is 1. The molecule has 2 amide bonds. The third kappa shape index (κ3) is 5.86. The van der Waals surface area contributed by atoms with E-state index < -0.39 is 55.7 Å². The quantitative estimate of drug-likeness (QED) is 0.366. The van der Waals surface area contributed by atoms with Gasteiger partial charge in [-0.15, -0.1) is 0 Å². The second-order valence-corrected chi connectivity index (χ2v) is 8.43. The summed E-state index contributed by atoms with van der Waals surface area (Å²) < 4.78 is 92.3. The first-order valence-electron chi connectivity index (χ1n) is 9.23. The Morgan fingerprint density at radius 1 is 0.794 bits per heavy atom. The van der Waals surface area contributed by atoms with Gasteiger partial charge in [0.25, 0.3) is 21.8 Å². The van der Waals surface area contributed by atoms with Crippen LogP contribution >= 0.6 is 0 Å². The van der Waals surface area contributed by atoms with Crippen molar-refractivity contribution in [1.29, 1.82) is 0 Å². The van der Waals surface area contributed by atoms with E-state index in [4.69, 9.17) is 0 Å². The van der Waals surface area contributed by atoms with Crippen molar-refractivity contribution >= 4 is 27.5 Å². The van der Waals surface area contributed by atoms with Crippen LogP contribution in [-0.2, 0) is 16.2 Å². The standard InChI is InChI=1S/C21H14F5N3O4S/c22-14-7-8-17(18(23)11-14)20(31)28-27-19(30)12-3-1-6-16(9-12)34(32,33)29-15-5-2-4-13(10-15)21(24,25)26/h1-11,29H,(H,27,30)(H,28,31). The third-order valence-electron chi connectivity index (χ3n) is 4.31. The summed E-state index contributed by atoms with van der Waals surface area (Å²) in [4.78, 5) is 23.8. The maximum absolute atomic E-state index is 13.7. The fraction of sp³-hybridized carbons (Fsp3) is 0.0476. The van der Waals surface area contributed by atoms with Crippen LogP contribution in [0, 0.1) is 11.6 Å². The van der Waals surface area contributed by atoms with Crippen molar-refractivity contribution in [3.05, 3.63) is 95.1 Å². The van der Waals surface area contributed by atoms with E-state index in [2.05, 4.69) is 0 Å². The molecule has 0 aliphatic heterocycles. The summed E-state index contributed by atoms with van der Waals surface area (Å²) >= 11 is 0. The Labute approximate surface area is 189 Å². The topological polar surface area (TPSA) is 104 Å². The van der Waals surface area contributed by atoms with Crippen molar-refractivity contribution in [3.63, 3.8) is 0 Å². The number of alkyl halides is 3. The van der Waals surface area contributed by atoms with E-state index in [9.17, 15) is 40.0 Å². The van der Waals surface area contributed by atoms with Gasteiger partial charge in [-0.1, -0.05) is 12.1 Å². The van der Waals surface area contributed by atoms with Gasteiger partial charge in [-0.25, -0.2) is 17.2 Å². The number of benzene rings is 3. The number of halogens is 5. The largest absolute Gasteiger partial charge is 0.416 e. The van der Waals surface area contributed by atoms with E-state index in [1.165, 1.54) is 12.1 Å². The maximum atomic E-state index is 13.7. The molecule has 0 aliphatic carbocycles. The lowest BCUT2D eigenvalue weighted by molar-refractivity contribution is -0.137. The predicted octanol–water partition coefficient (Wildman–Crippen LogP) is 3.86. The zero-order valence-corrected chi connectivity index (χ0v) is 17.6. The van der Waals surface area contributed by atoms with Crippen molar-refractivity contribution in [1.82, 2.24) is 10.9 Å². The number of sulfonamides is 1. The Kier molecular flexibility index (Phi) is 6.86. The lowest BCUT2D eigenvalue weighted by atomic mass is 10.2. The summed E-state index contributed by atoms with van der Waals surface area (Å²) in [7, 11) is -4.39. The zero-order chi connectivity index (χ0) is 25.1. The van der Waals surface area contributed by atoms with Gasteiger partial charge in [-0.05, 0) is 48.5 Å². The van der Waals surface area contributed by atoms with Gasteiger partial charge < -0.3 is 0 Å². The summed E-state index contributed by atoms with van der Waals surface area (Å²) in [6.45, 7) is 0. The maximum Gasteiger partial charge on any atom is 0.416 e. The number of amides is 2. The van der Waals surface area contributed by atoms with Crippen LogP contribution in [0.5, 0.6) is 0 Å². The van der Waals surface area contributed by atoms with E-state index in [1.807, 2.05) is 15.6 Å². The van der Waals surface area contributed by atoms with E-state index in [0.717, 1.165) is 42.5 Å². The number of rotatable bonds is 5. The number of hydrazine groups is 1. The minimum atomic E-state index is -4.68. The Hall–Kier alpha value is -4.00. The highest BCUT2D eigenvalue weighted by Gasteiger charge is 2.30. The number of carbonyl (C=O) groups is 2. The molecule has 3 N–H and O–H groups in total. The second kappa shape index (κ2) is 9.47. The minimum Gasteiger partial charge on any atom is -0.280 e. The molecule has 0 bridgehead atoms. The first-order chi connectivity index (χ1) is 15.9. The van der Waals surface area contributed by atoms with Crippen molar-refractivity contribution in [3.8, 4) is 0 Å². The van der Waals surface area contributed by atoms with Gasteiger partial charge in [-0.3, -0.25) is 25.2 Å². The molecule has 13 heteroatoms. The third-order valence-corrected chi connectivity index (χ3v) is 5.69. The average Bonchev–Trinajstić information content (AvgIpc) is 2.76. The molecule has 0 spiro atoms. The van der Waals surface area contributed by atoms with Gasteiger partial charge in [0.05, 0.1) is 16.0 Å². The molecule has 0 heterocycles. The normalized spacial score (nSPS) is 11.6. The van der Waals surface area contributed by atoms with Crippen LogP contribution in [0.4, 0.5) is 27.6 Å². The fourth-order valence-electron chi connectivity index (χ4n) is 2.70. The molecule has 0 radical (unpaired) electrons.